The average Bonchev–Trinajstić information content (AvgIpc) is 3.01. The van der Waals surface area contributed by atoms with Gasteiger partial charge in [0.25, 0.3) is 0 Å². The highest BCUT2D eigenvalue weighted by Crippen LogP contribution is 2.22. The molecule has 42 heavy (non-hydrogen) atoms. The molecule has 0 atom stereocenters. The van der Waals surface area contributed by atoms with Gasteiger partial charge in [-0.05, 0) is 59.7 Å². The number of aromatic nitrogens is 4. The third kappa shape index (κ3) is 7.42. The van der Waals surface area contributed by atoms with Gasteiger partial charge in [0.05, 0.1) is 0 Å². The van der Waals surface area contributed by atoms with Crippen LogP contribution in [-0.2, 0) is 13.1 Å². The Morgan fingerprint density at radius 2 is 0.833 bits per heavy atom. The lowest BCUT2D eigenvalue weighted by Crippen LogP contribution is -2.19. The van der Waals surface area contributed by atoms with E-state index in [1.165, 1.54) is 11.1 Å². The van der Waals surface area contributed by atoms with E-state index in [4.69, 9.17) is 9.97 Å². The molecule has 4 N–H and O–H groups in total. The zero-order valence-electron chi connectivity index (χ0n) is 24.3. The van der Waals surface area contributed by atoms with Crippen molar-refractivity contribution >= 4 is 46.5 Å². The van der Waals surface area contributed by atoms with Crippen LogP contribution in [0.5, 0.6) is 0 Å². The number of nitrogens with one attached hydrogen (secondary N) is 4. The highest BCUT2D eigenvalue weighted by Gasteiger charge is 2.09. The van der Waals surface area contributed by atoms with E-state index in [2.05, 4.69) is 65.3 Å². The predicted octanol–water partition coefficient (Wildman–Crippen LogP) is 6.11. The van der Waals surface area contributed by atoms with Crippen LogP contribution in [-0.4, -0.2) is 48.1 Å². The minimum absolute atomic E-state index is 0.720. The fourth-order valence-corrected chi connectivity index (χ4v) is 4.50. The number of hydrogen-bond donors (Lipinski definition) is 4. The van der Waals surface area contributed by atoms with E-state index in [9.17, 15) is 0 Å². The summed E-state index contributed by atoms with van der Waals surface area (Å²) in [5.74, 6) is 6.29. The first-order valence-electron chi connectivity index (χ1n) is 13.8. The largest absolute Gasteiger partial charge is 0.373 e. The van der Waals surface area contributed by atoms with Crippen molar-refractivity contribution in [3.8, 4) is 0 Å². The molecular weight excluding hydrogens is 524 g/mol. The van der Waals surface area contributed by atoms with Crippen molar-refractivity contribution in [2.75, 3.05) is 59.3 Å². The molecule has 5 aromatic rings. The predicted molar refractivity (Wildman–Crippen MR) is 173 cm³/mol. The number of pyridine rings is 4. The molecule has 4 aromatic heterocycles. The number of nitrogens with zero attached hydrogens (tertiary/aromatic N) is 6. The molecule has 0 aliphatic rings. The first kappa shape index (κ1) is 28.2. The molecule has 0 aliphatic carbocycles. The smallest absolute Gasteiger partial charge is 0.133 e. The van der Waals surface area contributed by atoms with E-state index in [0.717, 1.165) is 59.6 Å². The van der Waals surface area contributed by atoms with E-state index >= 15 is 0 Å². The van der Waals surface area contributed by atoms with Crippen LogP contribution in [0.4, 0.5) is 46.5 Å². The molecule has 10 nitrogen and oxygen atoms in total. The quantitative estimate of drug-likeness (QED) is 0.143. The monoisotopic (exact) mass is 560 g/mol. The van der Waals surface area contributed by atoms with Gasteiger partial charge in [0.1, 0.15) is 46.5 Å². The summed E-state index contributed by atoms with van der Waals surface area (Å²) in [4.78, 5) is 22.9. The topological polar surface area (TPSA) is 106 Å². The van der Waals surface area contributed by atoms with Crippen LogP contribution in [0.1, 0.15) is 11.1 Å². The van der Waals surface area contributed by atoms with Crippen LogP contribution in [0.25, 0.3) is 0 Å². The van der Waals surface area contributed by atoms with Gasteiger partial charge in [-0.2, -0.15) is 0 Å². The van der Waals surface area contributed by atoms with Crippen LogP contribution in [0, 0.1) is 0 Å². The summed E-state index contributed by atoms with van der Waals surface area (Å²) in [6.07, 6.45) is 0. The van der Waals surface area contributed by atoms with Gasteiger partial charge in [0.15, 0.2) is 0 Å². The van der Waals surface area contributed by atoms with Gasteiger partial charge < -0.3 is 31.1 Å². The van der Waals surface area contributed by atoms with Gasteiger partial charge in [-0.25, -0.2) is 19.9 Å². The van der Waals surface area contributed by atoms with Crippen LogP contribution < -0.4 is 31.1 Å². The fraction of sp³-hybridized carbons (Fsp3) is 0.188. The molecule has 0 bridgehead atoms. The molecule has 0 fully saturated rings. The number of rotatable bonds is 12. The van der Waals surface area contributed by atoms with E-state index in [-0.39, 0.29) is 0 Å². The van der Waals surface area contributed by atoms with Crippen molar-refractivity contribution in [2.45, 2.75) is 13.1 Å². The Labute approximate surface area is 246 Å². The van der Waals surface area contributed by atoms with Gasteiger partial charge >= 0.3 is 0 Å². The Balaban J connectivity index is 1.22. The van der Waals surface area contributed by atoms with Gasteiger partial charge in [-0.15, -0.1) is 0 Å². The van der Waals surface area contributed by atoms with Crippen LogP contribution >= 0.6 is 0 Å². The van der Waals surface area contributed by atoms with Gasteiger partial charge in [-0.1, -0.05) is 48.5 Å². The summed E-state index contributed by atoms with van der Waals surface area (Å²) >= 11 is 0. The number of hydrogen-bond acceptors (Lipinski definition) is 10. The summed E-state index contributed by atoms with van der Waals surface area (Å²) < 4.78 is 0. The van der Waals surface area contributed by atoms with E-state index in [0.29, 0.717) is 0 Å². The van der Waals surface area contributed by atoms with Crippen molar-refractivity contribution in [3.63, 3.8) is 0 Å². The SMILES string of the molecule is CNc1cccc(Nc2cccc(N(C)Cc3cccc(CN(C)c4cccc(Nc5cccc(NC)n5)n4)c3)n2)n1. The van der Waals surface area contributed by atoms with Crippen molar-refractivity contribution in [1.82, 2.24) is 19.9 Å². The zero-order valence-corrected chi connectivity index (χ0v) is 24.3. The third-order valence-corrected chi connectivity index (χ3v) is 6.60. The minimum Gasteiger partial charge on any atom is -0.373 e. The van der Waals surface area contributed by atoms with E-state index < -0.39 is 0 Å². The van der Waals surface area contributed by atoms with Crippen molar-refractivity contribution in [3.05, 3.63) is 108 Å². The second-order valence-corrected chi connectivity index (χ2v) is 9.86. The van der Waals surface area contributed by atoms with Crippen molar-refractivity contribution in [2.24, 2.45) is 0 Å². The first-order valence-corrected chi connectivity index (χ1v) is 13.8. The molecule has 4 heterocycles. The van der Waals surface area contributed by atoms with Crippen LogP contribution in [0.3, 0.4) is 0 Å². The Morgan fingerprint density at radius 3 is 1.26 bits per heavy atom. The van der Waals surface area contributed by atoms with E-state index in [1.54, 1.807) is 0 Å². The normalized spacial score (nSPS) is 10.6. The average molecular weight is 561 g/mol. The second kappa shape index (κ2) is 13.3. The summed E-state index contributed by atoms with van der Waals surface area (Å²) in [5, 5.41) is 12.7. The summed E-state index contributed by atoms with van der Waals surface area (Å²) in [5.41, 5.74) is 2.40. The molecule has 0 radical (unpaired) electrons. The Morgan fingerprint density at radius 1 is 0.476 bits per heavy atom. The molecule has 5 rings (SSSR count). The lowest BCUT2D eigenvalue weighted by atomic mass is 10.1. The molecule has 0 saturated heterocycles. The van der Waals surface area contributed by atoms with E-state index in [1.807, 2.05) is 101 Å². The highest BCUT2D eigenvalue weighted by atomic mass is 15.2. The molecule has 0 spiro atoms. The maximum Gasteiger partial charge on any atom is 0.133 e. The van der Waals surface area contributed by atoms with Crippen LogP contribution in [0.15, 0.2) is 97.1 Å². The molecule has 1 aromatic carbocycles. The lowest BCUT2D eigenvalue weighted by Gasteiger charge is -2.21. The fourth-order valence-electron chi connectivity index (χ4n) is 4.50. The van der Waals surface area contributed by atoms with Crippen molar-refractivity contribution < 1.29 is 0 Å². The Hall–Kier alpha value is -5.38. The Kier molecular flexibility index (Phi) is 8.93. The summed E-state index contributed by atoms with van der Waals surface area (Å²) in [7, 11) is 7.80. The van der Waals surface area contributed by atoms with Gasteiger partial charge in [0.2, 0.25) is 0 Å². The Bertz CT molecular complexity index is 1510. The maximum atomic E-state index is 4.80. The van der Waals surface area contributed by atoms with Gasteiger partial charge in [-0.3, -0.25) is 0 Å². The number of benzene rings is 1. The lowest BCUT2D eigenvalue weighted by molar-refractivity contribution is 0.877. The molecule has 0 saturated carbocycles. The number of anilines is 8. The summed E-state index contributed by atoms with van der Waals surface area (Å²) in [6.45, 7) is 1.44. The van der Waals surface area contributed by atoms with Crippen molar-refractivity contribution in [1.29, 1.82) is 0 Å². The molecule has 0 aliphatic heterocycles. The first-order chi connectivity index (χ1) is 20.5. The minimum atomic E-state index is 0.720. The standard InChI is InChI=1S/C32H36N10/c1-33-25-12-6-14-27(35-25)37-29-16-8-18-31(39-29)41(3)21-23-10-5-11-24(20-23)22-42(4)32-19-9-17-30(40-32)38-28-15-7-13-26(34-2)36-28/h5-20H,21-22H2,1-4H3,(H2,33,35,37,39)(H2,34,36,38,40). The third-order valence-electron chi connectivity index (χ3n) is 6.60. The molecule has 10 heteroatoms. The molecule has 0 unspecified atom stereocenters. The van der Waals surface area contributed by atoms with Gasteiger partial charge in [0, 0.05) is 41.3 Å². The second-order valence-electron chi connectivity index (χ2n) is 9.86. The molecule has 0 amide bonds. The van der Waals surface area contributed by atoms with Crippen LogP contribution in [0.2, 0.25) is 0 Å². The highest BCUT2D eigenvalue weighted by molar-refractivity contribution is 5.58. The molecule has 214 valence electrons. The zero-order chi connectivity index (χ0) is 29.3. The molecular formula is C32H36N10. The maximum absolute atomic E-state index is 4.80. The summed E-state index contributed by atoms with van der Waals surface area (Å²) in [6, 6.07) is 32.1.